The molecule has 1 spiro atoms. The third kappa shape index (κ3) is 5.36. The van der Waals surface area contributed by atoms with Crippen molar-refractivity contribution in [2.45, 2.75) is 88.4 Å². The summed E-state index contributed by atoms with van der Waals surface area (Å²) in [5.74, 6) is 2.19. The number of hydrazone groups is 1. The zero-order valence-corrected chi connectivity index (χ0v) is 23.7. The summed E-state index contributed by atoms with van der Waals surface area (Å²) < 4.78 is 12.2. The van der Waals surface area contributed by atoms with Gasteiger partial charge in [-0.2, -0.15) is 10.0 Å². The van der Waals surface area contributed by atoms with E-state index in [4.69, 9.17) is 19.7 Å². The zero-order chi connectivity index (χ0) is 26.1. The molecule has 1 amide bonds. The van der Waals surface area contributed by atoms with Crippen LogP contribution in [-0.4, -0.2) is 56.6 Å². The Morgan fingerprint density at radius 1 is 1.18 bits per heavy atom. The average molecular weight is 556 g/mol. The molecule has 1 aromatic heterocycles. The summed E-state index contributed by atoms with van der Waals surface area (Å²) >= 11 is 3.17. The van der Waals surface area contributed by atoms with Crippen LogP contribution in [0, 0.1) is 16.7 Å². The molecule has 2 unspecified atom stereocenters. The van der Waals surface area contributed by atoms with Gasteiger partial charge in [0.15, 0.2) is 11.0 Å². The fourth-order valence-electron chi connectivity index (χ4n) is 6.27. The van der Waals surface area contributed by atoms with E-state index in [0.717, 1.165) is 67.8 Å². The van der Waals surface area contributed by atoms with Gasteiger partial charge in [0, 0.05) is 18.5 Å². The normalized spacial score (nSPS) is 29.4. The number of nitrogens with one attached hydrogen (secondary N) is 1. The number of fused-ring (bicyclic) bond motifs is 1. The fraction of sp³-hybridized carbons (Fsp3) is 0.643. The number of amidine groups is 3. The molecule has 5 aliphatic rings. The number of hydrogen-bond donors (Lipinski definition) is 1. The Morgan fingerprint density at radius 2 is 1.95 bits per heavy atom. The second-order valence-electron chi connectivity index (χ2n) is 11.3. The van der Waals surface area contributed by atoms with Crippen molar-refractivity contribution in [1.29, 1.82) is 5.41 Å². The van der Waals surface area contributed by atoms with Crippen molar-refractivity contribution in [2.24, 2.45) is 21.4 Å². The maximum absolute atomic E-state index is 13.2. The lowest BCUT2D eigenvalue weighted by Gasteiger charge is -2.35. The van der Waals surface area contributed by atoms with Crippen molar-refractivity contribution < 1.29 is 13.9 Å². The van der Waals surface area contributed by atoms with Crippen LogP contribution in [0.2, 0.25) is 0 Å². The first-order chi connectivity index (χ1) is 18.5. The van der Waals surface area contributed by atoms with Gasteiger partial charge in [-0.1, -0.05) is 39.0 Å². The van der Waals surface area contributed by atoms with E-state index < -0.39 is 0 Å². The number of nitrogens with zero attached hydrogens (tertiary/aromatic N) is 4. The Labute approximate surface area is 233 Å². The van der Waals surface area contributed by atoms with Crippen molar-refractivity contribution >= 4 is 45.6 Å². The van der Waals surface area contributed by atoms with E-state index in [1.165, 1.54) is 43.9 Å². The molecule has 10 heteroatoms. The number of hydrogen-bond acceptors (Lipinski definition) is 8. The number of carbonyl (C=O) groups excluding carboxylic acids is 1. The van der Waals surface area contributed by atoms with Crippen LogP contribution in [-0.2, 0) is 15.3 Å². The molecule has 6 rings (SSSR count). The first-order valence-corrected chi connectivity index (χ1v) is 15.9. The summed E-state index contributed by atoms with van der Waals surface area (Å²) in [6, 6.07) is 3.91. The molecule has 38 heavy (non-hydrogen) atoms. The number of thioether (sulfide) groups is 2. The molecule has 0 bridgehead atoms. The summed E-state index contributed by atoms with van der Waals surface area (Å²) in [4.78, 5) is 19.9. The van der Waals surface area contributed by atoms with Crippen LogP contribution in [0.25, 0.3) is 0 Å². The zero-order valence-electron chi connectivity index (χ0n) is 22.1. The van der Waals surface area contributed by atoms with E-state index in [2.05, 4.69) is 16.8 Å². The highest BCUT2D eigenvalue weighted by atomic mass is 32.2. The molecular weight excluding hydrogens is 518 g/mol. The molecule has 1 saturated carbocycles. The van der Waals surface area contributed by atoms with Gasteiger partial charge >= 0.3 is 0 Å². The molecule has 4 aliphatic heterocycles. The van der Waals surface area contributed by atoms with Gasteiger partial charge in [-0.15, -0.1) is 16.9 Å². The smallest absolute Gasteiger partial charge is 0.283 e. The molecule has 2 atom stereocenters. The second kappa shape index (κ2) is 11.2. The topological polar surface area (TPSA) is 94.5 Å². The maximum Gasteiger partial charge on any atom is 0.283 e. The summed E-state index contributed by atoms with van der Waals surface area (Å²) in [5, 5.41) is 16.6. The van der Waals surface area contributed by atoms with Crippen LogP contribution in [0.1, 0.15) is 76.9 Å². The van der Waals surface area contributed by atoms with Crippen molar-refractivity contribution in [1.82, 2.24) is 9.91 Å². The van der Waals surface area contributed by atoms with Crippen LogP contribution in [0.15, 0.2) is 44.6 Å². The highest BCUT2D eigenvalue weighted by Crippen LogP contribution is 2.51. The van der Waals surface area contributed by atoms with Gasteiger partial charge < -0.3 is 14.1 Å². The Morgan fingerprint density at radius 3 is 2.68 bits per heavy atom. The Balaban J connectivity index is 1.23. The van der Waals surface area contributed by atoms with E-state index in [1.807, 2.05) is 18.2 Å². The van der Waals surface area contributed by atoms with Gasteiger partial charge in [0.1, 0.15) is 11.2 Å². The van der Waals surface area contributed by atoms with Crippen LogP contribution >= 0.6 is 23.5 Å². The fourth-order valence-corrected chi connectivity index (χ4v) is 8.37. The number of amides is 1. The number of aliphatic imine (C=N–C) groups is 1. The molecule has 0 radical (unpaired) electrons. The molecule has 8 nitrogen and oxygen atoms in total. The summed E-state index contributed by atoms with van der Waals surface area (Å²) in [7, 11) is 0. The largest absolute Gasteiger partial charge is 0.468 e. The monoisotopic (exact) mass is 555 g/mol. The predicted octanol–water partition coefficient (Wildman–Crippen LogP) is 6.21. The lowest BCUT2D eigenvalue weighted by Crippen LogP contribution is -2.38. The third-order valence-corrected chi connectivity index (χ3v) is 10.7. The minimum atomic E-state index is -0.353. The van der Waals surface area contributed by atoms with Gasteiger partial charge in [0.05, 0.1) is 23.7 Å². The molecule has 204 valence electrons. The van der Waals surface area contributed by atoms with E-state index in [1.54, 1.807) is 23.0 Å². The van der Waals surface area contributed by atoms with Crippen molar-refractivity contribution in [2.75, 3.05) is 13.1 Å². The molecule has 2 saturated heterocycles. The van der Waals surface area contributed by atoms with Gasteiger partial charge in [0.25, 0.3) is 5.91 Å². The summed E-state index contributed by atoms with van der Waals surface area (Å²) in [6.45, 7) is 4.19. The summed E-state index contributed by atoms with van der Waals surface area (Å²) in [6.07, 6.45) is 14.9. The van der Waals surface area contributed by atoms with Crippen molar-refractivity contribution in [3.63, 3.8) is 0 Å². The van der Waals surface area contributed by atoms with Gasteiger partial charge in [0.2, 0.25) is 5.17 Å². The minimum Gasteiger partial charge on any atom is -0.468 e. The van der Waals surface area contributed by atoms with E-state index in [0.29, 0.717) is 10.7 Å². The number of likely N-dealkylation sites (tertiary alicyclic amines) is 1. The predicted molar refractivity (Wildman–Crippen MR) is 153 cm³/mol. The van der Waals surface area contributed by atoms with E-state index >= 15 is 0 Å². The highest BCUT2D eigenvalue weighted by Gasteiger charge is 2.48. The molecule has 1 N–H and O–H groups in total. The van der Waals surface area contributed by atoms with Crippen LogP contribution in [0.3, 0.4) is 0 Å². The SMILES string of the molecule is CC1CCN(C2=NN3C(=N)/C(=C\C4OC(SCc5ccco5)CC45CCCCCCC5)C(=O)N=C3S2)CC1. The van der Waals surface area contributed by atoms with Crippen molar-refractivity contribution in [3.05, 3.63) is 35.8 Å². The number of ether oxygens (including phenoxy) is 1. The Bertz CT molecular complexity index is 1130. The third-order valence-electron chi connectivity index (χ3n) is 8.63. The van der Waals surface area contributed by atoms with Gasteiger partial charge in [-0.25, -0.2) is 0 Å². The van der Waals surface area contributed by atoms with E-state index in [9.17, 15) is 4.79 Å². The quantitative estimate of drug-likeness (QED) is 0.441. The Hall–Kier alpha value is -2.04. The number of carbonyl (C=O) groups is 1. The number of furan rings is 1. The van der Waals surface area contributed by atoms with Crippen molar-refractivity contribution in [3.8, 4) is 0 Å². The standard InChI is InChI=1S/C28H37N5O3S2/c1-19-9-13-32(14-10-19)27-31-33-24(29)21(25(34)30-26(33)38-27)16-22-28(11-5-3-2-4-6-12-28)17-23(36-22)37-18-20-8-7-15-35-20/h7-8,15-16,19,22-23,29H,2-6,9-14,17-18H2,1H3/b21-16+,29-24?. The van der Waals surface area contributed by atoms with Crippen LogP contribution in [0.5, 0.6) is 0 Å². The first-order valence-electron chi connectivity index (χ1n) is 14.1. The molecule has 5 heterocycles. The molecule has 1 aromatic rings. The molecule has 0 aromatic carbocycles. The highest BCUT2D eigenvalue weighted by molar-refractivity contribution is 8.26. The summed E-state index contributed by atoms with van der Waals surface area (Å²) in [5.41, 5.74) is 0.328. The molecular formula is C28H37N5O3S2. The maximum atomic E-state index is 13.2. The van der Waals surface area contributed by atoms with Gasteiger partial charge in [-0.05, 0) is 68.0 Å². The molecule has 3 fully saturated rings. The Kier molecular flexibility index (Phi) is 7.73. The lowest BCUT2D eigenvalue weighted by molar-refractivity contribution is -0.114. The second-order valence-corrected chi connectivity index (χ2v) is 13.4. The number of rotatable bonds is 4. The van der Waals surface area contributed by atoms with Gasteiger partial charge in [-0.3, -0.25) is 10.2 Å². The van der Waals surface area contributed by atoms with E-state index in [-0.39, 0.29) is 28.7 Å². The van der Waals surface area contributed by atoms with Crippen LogP contribution in [0.4, 0.5) is 0 Å². The average Bonchev–Trinajstić information content (AvgIpc) is 3.63. The molecule has 1 aliphatic carbocycles. The first kappa shape index (κ1) is 26.2. The minimum absolute atomic E-state index is 0.0164. The lowest BCUT2D eigenvalue weighted by atomic mass is 9.71. The van der Waals surface area contributed by atoms with Crippen LogP contribution < -0.4 is 0 Å². The number of piperidine rings is 1.